The molecule has 0 radical (unpaired) electrons. The maximum Gasteiger partial charge on any atom is 0.0822 e. The van der Waals surface area contributed by atoms with Gasteiger partial charge in [0.15, 0.2) is 0 Å². The molecule has 20 heavy (non-hydrogen) atoms. The summed E-state index contributed by atoms with van der Waals surface area (Å²) >= 11 is 5.25. The summed E-state index contributed by atoms with van der Waals surface area (Å²) in [5, 5.41) is 4.63. The molecule has 1 unspecified atom stereocenters. The van der Waals surface area contributed by atoms with Crippen LogP contribution in [-0.4, -0.2) is 14.8 Å². The predicted molar refractivity (Wildman–Crippen MR) is 87.0 cm³/mol. The maximum absolute atomic E-state index is 5.93. The lowest BCUT2D eigenvalue weighted by Crippen LogP contribution is -2.24. The first-order valence-corrected chi connectivity index (χ1v) is 7.32. The molecule has 0 saturated heterocycles. The minimum atomic E-state index is 0.0221. The SMILES string of the molecule is CCc1c(C)nn(CC(C(N)=S)c2ccccc2)c1C. The molecule has 2 N–H and O–H groups in total. The van der Waals surface area contributed by atoms with Gasteiger partial charge in [0.05, 0.1) is 23.1 Å². The number of hydrogen-bond acceptors (Lipinski definition) is 2. The van der Waals surface area contributed by atoms with Crippen LogP contribution >= 0.6 is 12.2 Å². The largest absolute Gasteiger partial charge is 0.393 e. The minimum Gasteiger partial charge on any atom is -0.393 e. The van der Waals surface area contributed by atoms with Gasteiger partial charge in [-0.25, -0.2) is 0 Å². The molecule has 4 heteroatoms. The Morgan fingerprint density at radius 2 is 1.95 bits per heavy atom. The lowest BCUT2D eigenvalue weighted by atomic mass is 9.99. The zero-order valence-corrected chi connectivity index (χ0v) is 13.1. The quantitative estimate of drug-likeness (QED) is 0.859. The van der Waals surface area contributed by atoms with Gasteiger partial charge < -0.3 is 5.73 Å². The van der Waals surface area contributed by atoms with E-state index in [-0.39, 0.29) is 5.92 Å². The van der Waals surface area contributed by atoms with Crippen molar-refractivity contribution in [1.29, 1.82) is 0 Å². The summed E-state index contributed by atoms with van der Waals surface area (Å²) in [7, 11) is 0. The molecule has 0 amide bonds. The van der Waals surface area contributed by atoms with Crippen LogP contribution in [0.4, 0.5) is 0 Å². The Hall–Kier alpha value is -1.68. The fourth-order valence-corrected chi connectivity index (χ4v) is 2.85. The molecule has 2 rings (SSSR count). The van der Waals surface area contributed by atoms with Gasteiger partial charge in [-0.3, -0.25) is 4.68 Å². The van der Waals surface area contributed by atoms with E-state index in [1.807, 2.05) is 22.9 Å². The Morgan fingerprint density at radius 3 is 2.45 bits per heavy atom. The highest BCUT2D eigenvalue weighted by molar-refractivity contribution is 7.80. The van der Waals surface area contributed by atoms with Gasteiger partial charge in [0, 0.05) is 5.69 Å². The molecule has 2 aromatic rings. The summed E-state index contributed by atoms with van der Waals surface area (Å²) < 4.78 is 2.03. The van der Waals surface area contributed by atoms with Crippen molar-refractivity contribution in [3.05, 3.63) is 52.8 Å². The second kappa shape index (κ2) is 6.18. The highest BCUT2D eigenvalue weighted by Gasteiger charge is 2.18. The number of nitrogens with two attached hydrogens (primary N) is 1. The molecule has 3 nitrogen and oxygen atoms in total. The van der Waals surface area contributed by atoms with Crippen molar-refractivity contribution < 1.29 is 0 Å². The second-order valence-electron chi connectivity index (χ2n) is 5.05. The molecule has 1 atom stereocenters. The van der Waals surface area contributed by atoms with Crippen LogP contribution in [0.25, 0.3) is 0 Å². The first kappa shape index (κ1) is 14.7. The molecule has 0 saturated carbocycles. The van der Waals surface area contributed by atoms with E-state index in [2.05, 4.69) is 38.0 Å². The van der Waals surface area contributed by atoms with Gasteiger partial charge in [-0.15, -0.1) is 0 Å². The van der Waals surface area contributed by atoms with E-state index in [0.717, 1.165) is 17.7 Å². The van der Waals surface area contributed by atoms with Crippen LogP contribution in [0.5, 0.6) is 0 Å². The molecule has 0 aliphatic carbocycles. The van der Waals surface area contributed by atoms with Crippen LogP contribution in [0.2, 0.25) is 0 Å². The summed E-state index contributed by atoms with van der Waals surface area (Å²) in [5.41, 5.74) is 10.7. The van der Waals surface area contributed by atoms with Crippen LogP contribution in [0.3, 0.4) is 0 Å². The second-order valence-corrected chi connectivity index (χ2v) is 5.52. The average molecular weight is 287 g/mol. The summed E-state index contributed by atoms with van der Waals surface area (Å²) in [6.07, 6.45) is 1.00. The zero-order valence-electron chi connectivity index (χ0n) is 12.3. The topological polar surface area (TPSA) is 43.8 Å². The van der Waals surface area contributed by atoms with E-state index in [1.165, 1.54) is 11.3 Å². The maximum atomic E-state index is 5.93. The van der Waals surface area contributed by atoms with Crippen molar-refractivity contribution in [2.24, 2.45) is 5.73 Å². The molecule has 106 valence electrons. The molecule has 0 fully saturated rings. The number of hydrogen-bond donors (Lipinski definition) is 1. The smallest absolute Gasteiger partial charge is 0.0822 e. The summed E-state index contributed by atoms with van der Waals surface area (Å²) in [4.78, 5) is 0.516. The van der Waals surface area contributed by atoms with E-state index in [4.69, 9.17) is 18.0 Å². The van der Waals surface area contributed by atoms with Crippen molar-refractivity contribution >= 4 is 17.2 Å². The average Bonchev–Trinajstić information content (AvgIpc) is 2.70. The number of benzene rings is 1. The first-order chi connectivity index (χ1) is 9.54. The van der Waals surface area contributed by atoms with Gasteiger partial charge in [0.25, 0.3) is 0 Å². The molecule has 0 aliphatic heterocycles. The standard InChI is InChI=1S/C16H21N3S/c1-4-14-11(2)18-19(12(14)3)10-15(16(17)20)13-8-6-5-7-9-13/h5-9,15H,4,10H2,1-3H3,(H2,17,20). The van der Waals surface area contributed by atoms with Gasteiger partial charge in [-0.2, -0.15) is 5.10 Å². The van der Waals surface area contributed by atoms with E-state index in [0.29, 0.717) is 11.5 Å². The summed E-state index contributed by atoms with van der Waals surface area (Å²) in [6.45, 7) is 7.02. The fourth-order valence-electron chi connectivity index (χ4n) is 2.64. The van der Waals surface area contributed by atoms with E-state index >= 15 is 0 Å². The molecule has 0 spiro atoms. The summed E-state index contributed by atoms with van der Waals surface area (Å²) in [6, 6.07) is 10.2. The van der Waals surface area contributed by atoms with Crippen molar-refractivity contribution in [2.75, 3.05) is 0 Å². The minimum absolute atomic E-state index is 0.0221. The lowest BCUT2D eigenvalue weighted by Gasteiger charge is -2.17. The van der Waals surface area contributed by atoms with Crippen LogP contribution < -0.4 is 5.73 Å². The van der Waals surface area contributed by atoms with E-state index < -0.39 is 0 Å². The first-order valence-electron chi connectivity index (χ1n) is 6.91. The monoisotopic (exact) mass is 287 g/mol. The Kier molecular flexibility index (Phi) is 4.55. The van der Waals surface area contributed by atoms with Gasteiger partial charge >= 0.3 is 0 Å². The van der Waals surface area contributed by atoms with Crippen molar-refractivity contribution in [1.82, 2.24) is 9.78 Å². The molecule has 0 aliphatic rings. The highest BCUT2D eigenvalue weighted by atomic mass is 32.1. The van der Waals surface area contributed by atoms with Gasteiger partial charge in [0.2, 0.25) is 0 Å². The van der Waals surface area contributed by atoms with Gasteiger partial charge in [-0.1, -0.05) is 49.5 Å². The number of rotatable bonds is 5. The van der Waals surface area contributed by atoms with Gasteiger partial charge in [0.1, 0.15) is 0 Å². The number of thiocarbonyl (C=S) groups is 1. The van der Waals surface area contributed by atoms with Crippen LogP contribution in [-0.2, 0) is 13.0 Å². The summed E-state index contributed by atoms with van der Waals surface area (Å²) in [5.74, 6) is 0.0221. The molecule has 1 aromatic heterocycles. The van der Waals surface area contributed by atoms with Crippen LogP contribution in [0.1, 0.15) is 35.4 Å². The van der Waals surface area contributed by atoms with Crippen LogP contribution in [0.15, 0.2) is 30.3 Å². The van der Waals surface area contributed by atoms with Crippen molar-refractivity contribution in [3.8, 4) is 0 Å². The zero-order chi connectivity index (χ0) is 14.7. The Labute approximate surface area is 125 Å². The molecule has 1 heterocycles. The number of nitrogens with zero attached hydrogens (tertiary/aromatic N) is 2. The van der Waals surface area contributed by atoms with Gasteiger partial charge in [-0.05, 0) is 31.4 Å². The third kappa shape index (κ3) is 2.90. The highest BCUT2D eigenvalue weighted by Crippen LogP contribution is 2.21. The third-order valence-electron chi connectivity index (χ3n) is 3.79. The molecule has 0 bridgehead atoms. The van der Waals surface area contributed by atoms with Crippen molar-refractivity contribution in [2.45, 2.75) is 39.7 Å². The Morgan fingerprint density at radius 1 is 1.30 bits per heavy atom. The Balaban J connectivity index is 2.33. The lowest BCUT2D eigenvalue weighted by molar-refractivity contribution is 0.571. The fraction of sp³-hybridized carbons (Fsp3) is 0.375. The Bertz CT molecular complexity index is 602. The van der Waals surface area contributed by atoms with E-state index in [1.54, 1.807) is 0 Å². The molecular formula is C16H21N3S. The van der Waals surface area contributed by atoms with E-state index in [9.17, 15) is 0 Å². The number of aromatic nitrogens is 2. The van der Waals surface area contributed by atoms with Crippen molar-refractivity contribution in [3.63, 3.8) is 0 Å². The number of aryl methyl sites for hydroxylation is 1. The third-order valence-corrected chi connectivity index (χ3v) is 4.07. The van der Waals surface area contributed by atoms with Crippen LogP contribution in [0, 0.1) is 13.8 Å². The predicted octanol–water partition coefficient (Wildman–Crippen LogP) is 3.13. The molecular weight excluding hydrogens is 266 g/mol. The molecule has 1 aromatic carbocycles. The normalized spacial score (nSPS) is 12.3.